The van der Waals surface area contributed by atoms with Crippen molar-refractivity contribution in [3.63, 3.8) is 0 Å². The quantitative estimate of drug-likeness (QED) is 0.521. The SMILES string of the molecule is CC(=O)OC[C@@H]1O[C@@H](O)[C@@H](OC(C)=O)C1OC(C)=O. The van der Waals surface area contributed by atoms with Gasteiger partial charge in [0.05, 0.1) is 0 Å². The van der Waals surface area contributed by atoms with Gasteiger partial charge in [-0.2, -0.15) is 0 Å². The molecule has 1 saturated heterocycles. The molecule has 0 aromatic heterocycles. The minimum Gasteiger partial charge on any atom is -0.463 e. The van der Waals surface area contributed by atoms with Crippen molar-refractivity contribution >= 4 is 17.9 Å². The van der Waals surface area contributed by atoms with Gasteiger partial charge >= 0.3 is 17.9 Å². The number of aliphatic hydroxyl groups is 1. The molecule has 4 atom stereocenters. The molecular formula is C11H16O8. The monoisotopic (exact) mass is 276 g/mol. The highest BCUT2D eigenvalue weighted by Gasteiger charge is 2.48. The molecule has 1 rings (SSSR count). The van der Waals surface area contributed by atoms with E-state index in [1.807, 2.05) is 0 Å². The van der Waals surface area contributed by atoms with Crippen LogP contribution in [0, 0.1) is 0 Å². The minimum absolute atomic E-state index is 0.220. The van der Waals surface area contributed by atoms with Crippen LogP contribution in [0.25, 0.3) is 0 Å². The van der Waals surface area contributed by atoms with Crippen LogP contribution in [0.2, 0.25) is 0 Å². The summed E-state index contributed by atoms with van der Waals surface area (Å²) in [5, 5.41) is 9.63. The van der Waals surface area contributed by atoms with Gasteiger partial charge in [-0.3, -0.25) is 14.4 Å². The van der Waals surface area contributed by atoms with Gasteiger partial charge in [-0.05, 0) is 0 Å². The van der Waals surface area contributed by atoms with Gasteiger partial charge in [-0.1, -0.05) is 0 Å². The summed E-state index contributed by atoms with van der Waals surface area (Å²) in [5.74, 6) is -1.83. The van der Waals surface area contributed by atoms with Gasteiger partial charge < -0.3 is 24.1 Å². The third-order valence-electron chi connectivity index (χ3n) is 2.34. The summed E-state index contributed by atoms with van der Waals surface area (Å²) in [7, 11) is 0. The predicted octanol–water partition coefficient (Wildman–Crippen LogP) is -0.870. The molecule has 1 unspecified atom stereocenters. The molecule has 0 aromatic rings. The van der Waals surface area contributed by atoms with E-state index in [1.165, 1.54) is 13.8 Å². The van der Waals surface area contributed by atoms with Crippen LogP contribution >= 0.6 is 0 Å². The molecule has 1 fully saturated rings. The molecule has 0 radical (unpaired) electrons. The molecule has 1 aliphatic heterocycles. The molecule has 108 valence electrons. The Labute approximate surface area is 109 Å². The van der Waals surface area contributed by atoms with Crippen molar-refractivity contribution in [1.29, 1.82) is 0 Å². The highest BCUT2D eigenvalue weighted by atomic mass is 16.7. The Bertz CT molecular complexity index is 366. The fourth-order valence-corrected chi connectivity index (χ4v) is 1.69. The van der Waals surface area contributed by atoms with Crippen molar-refractivity contribution < 1.29 is 38.4 Å². The number of esters is 3. The van der Waals surface area contributed by atoms with Crippen LogP contribution in [0.4, 0.5) is 0 Å². The molecule has 0 spiro atoms. The second kappa shape index (κ2) is 6.48. The van der Waals surface area contributed by atoms with Crippen molar-refractivity contribution in [3.05, 3.63) is 0 Å². The van der Waals surface area contributed by atoms with Crippen molar-refractivity contribution in [2.45, 2.75) is 45.4 Å². The first kappa shape index (κ1) is 15.4. The van der Waals surface area contributed by atoms with Crippen molar-refractivity contribution in [1.82, 2.24) is 0 Å². The third kappa shape index (κ3) is 4.49. The Kier molecular flexibility index (Phi) is 5.25. The summed E-state index contributed by atoms with van der Waals surface area (Å²) in [6.07, 6.45) is -4.53. The summed E-state index contributed by atoms with van der Waals surface area (Å²) in [6, 6.07) is 0. The second-order valence-electron chi connectivity index (χ2n) is 4.02. The van der Waals surface area contributed by atoms with Crippen LogP contribution in [-0.2, 0) is 33.3 Å². The summed E-state index contributed by atoms with van der Waals surface area (Å²) < 4.78 is 19.6. The maximum absolute atomic E-state index is 11.0. The van der Waals surface area contributed by atoms with E-state index in [0.29, 0.717) is 0 Å². The molecule has 8 nitrogen and oxygen atoms in total. The fraction of sp³-hybridized carbons (Fsp3) is 0.727. The van der Waals surface area contributed by atoms with Crippen molar-refractivity contribution in [2.24, 2.45) is 0 Å². The highest BCUT2D eigenvalue weighted by molar-refractivity contribution is 5.67. The number of hydrogen-bond acceptors (Lipinski definition) is 8. The zero-order valence-electron chi connectivity index (χ0n) is 10.8. The molecular weight excluding hydrogens is 260 g/mol. The number of hydrogen-bond donors (Lipinski definition) is 1. The predicted molar refractivity (Wildman–Crippen MR) is 58.6 cm³/mol. The normalized spacial score (nSPS) is 29.7. The van der Waals surface area contributed by atoms with E-state index in [9.17, 15) is 19.5 Å². The summed E-state index contributed by atoms with van der Waals surface area (Å²) >= 11 is 0. The second-order valence-corrected chi connectivity index (χ2v) is 4.02. The smallest absolute Gasteiger partial charge is 0.303 e. The molecule has 1 aliphatic rings. The lowest BCUT2D eigenvalue weighted by molar-refractivity contribution is -0.174. The summed E-state index contributed by atoms with van der Waals surface area (Å²) in [5.41, 5.74) is 0. The molecule has 19 heavy (non-hydrogen) atoms. The lowest BCUT2D eigenvalue weighted by Gasteiger charge is -2.21. The first-order valence-electron chi connectivity index (χ1n) is 5.62. The largest absolute Gasteiger partial charge is 0.463 e. The zero-order chi connectivity index (χ0) is 14.6. The Morgan fingerprint density at radius 3 is 2.00 bits per heavy atom. The standard InChI is InChI=1S/C11H16O8/c1-5(12)16-4-8-9(17-6(2)13)10(11(15)19-8)18-7(3)14/h8-11,15H,4H2,1-3H3/t8-,9?,10-,11+/m0/s1. The number of rotatable bonds is 4. The Morgan fingerprint density at radius 1 is 1.00 bits per heavy atom. The molecule has 0 aliphatic carbocycles. The van der Waals surface area contributed by atoms with Crippen molar-refractivity contribution in [3.8, 4) is 0 Å². The Hall–Kier alpha value is -1.67. The first-order valence-corrected chi connectivity index (χ1v) is 5.62. The number of carbonyl (C=O) groups is 3. The number of aliphatic hydroxyl groups excluding tert-OH is 1. The fourth-order valence-electron chi connectivity index (χ4n) is 1.69. The molecule has 0 bridgehead atoms. The van der Waals surface area contributed by atoms with Crippen LogP contribution in [-0.4, -0.2) is 54.2 Å². The van der Waals surface area contributed by atoms with Crippen LogP contribution in [0.1, 0.15) is 20.8 Å². The average molecular weight is 276 g/mol. The lowest BCUT2D eigenvalue weighted by atomic mass is 10.1. The highest BCUT2D eigenvalue weighted by Crippen LogP contribution is 2.26. The topological polar surface area (TPSA) is 108 Å². The molecule has 1 heterocycles. The van der Waals surface area contributed by atoms with E-state index < -0.39 is 42.5 Å². The Morgan fingerprint density at radius 2 is 1.53 bits per heavy atom. The number of carbonyl (C=O) groups excluding carboxylic acids is 3. The van der Waals surface area contributed by atoms with Crippen LogP contribution < -0.4 is 0 Å². The molecule has 1 N–H and O–H groups in total. The molecule has 0 amide bonds. The van der Waals surface area contributed by atoms with Gasteiger partial charge in [0.25, 0.3) is 0 Å². The van der Waals surface area contributed by atoms with Crippen LogP contribution in [0.5, 0.6) is 0 Å². The van der Waals surface area contributed by atoms with E-state index in [-0.39, 0.29) is 6.61 Å². The molecule has 8 heteroatoms. The van der Waals surface area contributed by atoms with Gasteiger partial charge in [-0.15, -0.1) is 0 Å². The Balaban J connectivity index is 2.76. The van der Waals surface area contributed by atoms with Crippen molar-refractivity contribution in [2.75, 3.05) is 6.61 Å². The van der Waals surface area contributed by atoms with Crippen LogP contribution in [0.3, 0.4) is 0 Å². The van der Waals surface area contributed by atoms with Gasteiger partial charge in [0.15, 0.2) is 18.5 Å². The van der Waals surface area contributed by atoms with Crippen LogP contribution in [0.15, 0.2) is 0 Å². The van der Waals surface area contributed by atoms with E-state index in [1.54, 1.807) is 0 Å². The summed E-state index contributed by atoms with van der Waals surface area (Å²) in [6.45, 7) is 3.30. The van der Waals surface area contributed by atoms with E-state index >= 15 is 0 Å². The maximum atomic E-state index is 11.0. The average Bonchev–Trinajstić information content (AvgIpc) is 2.53. The molecule has 0 aromatic carbocycles. The van der Waals surface area contributed by atoms with E-state index in [4.69, 9.17) is 18.9 Å². The maximum Gasteiger partial charge on any atom is 0.303 e. The first-order chi connectivity index (χ1) is 8.81. The molecule has 0 saturated carbocycles. The lowest BCUT2D eigenvalue weighted by Crippen LogP contribution is -2.41. The minimum atomic E-state index is -1.45. The van der Waals surface area contributed by atoms with E-state index in [2.05, 4.69) is 0 Å². The third-order valence-corrected chi connectivity index (χ3v) is 2.34. The van der Waals surface area contributed by atoms with Gasteiger partial charge in [-0.25, -0.2) is 0 Å². The van der Waals surface area contributed by atoms with E-state index in [0.717, 1.165) is 6.92 Å². The summed E-state index contributed by atoms with van der Waals surface area (Å²) in [4.78, 5) is 32.7. The number of ether oxygens (including phenoxy) is 4. The van der Waals surface area contributed by atoms with Gasteiger partial charge in [0.1, 0.15) is 12.7 Å². The van der Waals surface area contributed by atoms with Gasteiger partial charge in [0.2, 0.25) is 0 Å². The zero-order valence-corrected chi connectivity index (χ0v) is 10.8. The van der Waals surface area contributed by atoms with Gasteiger partial charge in [0, 0.05) is 20.8 Å².